The lowest BCUT2D eigenvalue weighted by Gasteiger charge is -2.31. The van der Waals surface area contributed by atoms with Gasteiger partial charge in [-0.3, -0.25) is 14.4 Å². The summed E-state index contributed by atoms with van der Waals surface area (Å²) in [5.41, 5.74) is 1.76. The minimum Gasteiger partial charge on any atom is -0.330 e. The number of benzene rings is 1. The van der Waals surface area contributed by atoms with Crippen LogP contribution < -0.4 is 4.90 Å². The van der Waals surface area contributed by atoms with Crippen molar-refractivity contribution in [3.05, 3.63) is 39.5 Å². The number of allylic oxidation sites excluding steroid dienone is 1. The molecule has 1 aromatic rings. The number of anilines is 1. The molecule has 1 fully saturated rings. The largest absolute Gasteiger partial charge is 0.330 e. The van der Waals surface area contributed by atoms with E-state index in [0.29, 0.717) is 18.7 Å². The zero-order valence-electron chi connectivity index (χ0n) is 18.1. The Balaban J connectivity index is 1.81. The van der Waals surface area contributed by atoms with Gasteiger partial charge in [0.05, 0.1) is 12.1 Å². The summed E-state index contributed by atoms with van der Waals surface area (Å²) in [7, 11) is 0. The van der Waals surface area contributed by atoms with Crippen molar-refractivity contribution in [2.45, 2.75) is 71.8 Å². The molecule has 1 aliphatic carbocycles. The fraction of sp³-hybridized carbons (Fsp3) is 0.542. The third-order valence-electron chi connectivity index (χ3n) is 5.64. The topological polar surface area (TPSA) is 57.7 Å². The average molecular weight is 522 g/mol. The molecule has 0 bridgehead atoms. The van der Waals surface area contributed by atoms with Crippen molar-refractivity contribution in [3.8, 4) is 0 Å². The van der Waals surface area contributed by atoms with Crippen LogP contribution >= 0.6 is 22.6 Å². The van der Waals surface area contributed by atoms with E-state index in [4.69, 9.17) is 0 Å². The zero-order chi connectivity index (χ0) is 21.9. The Labute approximate surface area is 193 Å². The maximum absolute atomic E-state index is 13.3. The molecule has 1 aromatic carbocycles. The molecule has 6 heteroatoms. The third kappa shape index (κ3) is 5.71. The lowest BCUT2D eigenvalue weighted by molar-refractivity contribution is -0.139. The van der Waals surface area contributed by atoms with Crippen LogP contribution in [0.5, 0.6) is 0 Å². The molecule has 0 aromatic heterocycles. The molecule has 0 spiro atoms. The number of rotatable bonds is 6. The number of carbonyl (C=O) groups excluding carboxylic acids is 3. The summed E-state index contributed by atoms with van der Waals surface area (Å²) in [6.45, 7) is 6.55. The van der Waals surface area contributed by atoms with Crippen molar-refractivity contribution >= 4 is 46.0 Å². The number of nitrogens with zero attached hydrogens (tertiary/aromatic N) is 2. The predicted molar refractivity (Wildman–Crippen MR) is 127 cm³/mol. The molecule has 2 aliphatic rings. The van der Waals surface area contributed by atoms with Crippen molar-refractivity contribution in [1.82, 2.24) is 4.90 Å². The Kier molecular flexibility index (Phi) is 7.37. The molecule has 1 atom stereocenters. The van der Waals surface area contributed by atoms with Crippen molar-refractivity contribution in [2.75, 3.05) is 11.4 Å². The van der Waals surface area contributed by atoms with E-state index in [9.17, 15) is 14.4 Å². The number of halogens is 1. The molecule has 30 heavy (non-hydrogen) atoms. The van der Waals surface area contributed by atoms with E-state index >= 15 is 0 Å². The van der Waals surface area contributed by atoms with Gasteiger partial charge >= 0.3 is 0 Å². The summed E-state index contributed by atoms with van der Waals surface area (Å²) in [5, 5.41) is 0. The number of carbonyl (C=O) groups is 3. The summed E-state index contributed by atoms with van der Waals surface area (Å²) in [5.74, 6) is -0.577. The van der Waals surface area contributed by atoms with Gasteiger partial charge in [-0.15, -0.1) is 0 Å². The smallest absolute Gasteiger partial charge is 0.257 e. The van der Waals surface area contributed by atoms with Crippen LogP contribution in [-0.4, -0.2) is 35.2 Å². The van der Waals surface area contributed by atoms with Crippen molar-refractivity contribution in [1.29, 1.82) is 0 Å². The van der Waals surface area contributed by atoms with Crippen LogP contribution in [0.25, 0.3) is 0 Å². The van der Waals surface area contributed by atoms with E-state index in [-0.39, 0.29) is 29.6 Å². The number of amides is 3. The van der Waals surface area contributed by atoms with E-state index in [2.05, 4.69) is 28.7 Å². The minimum absolute atomic E-state index is 0.0467. The first-order valence-corrected chi connectivity index (χ1v) is 11.8. The third-order valence-corrected chi connectivity index (χ3v) is 6.36. The zero-order valence-corrected chi connectivity index (χ0v) is 20.3. The van der Waals surface area contributed by atoms with Gasteiger partial charge in [0, 0.05) is 16.5 Å². The fourth-order valence-corrected chi connectivity index (χ4v) is 4.49. The van der Waals surface area contributed by atoms with Crippen LogP contribution in [0.2, 0.25) is 0 Å². The van der Waals surface area contributed by atoms with Gasteiger partial charge in [-0.2, -0.15) is 0 Å². The van der Waals surface area contributed by atoms with Crippen molar-refractivity contribution < 1.29 is 14.4 Å². The van der Waals surface area contributed by atoms with Crippen LogP contribution in [-0.2, 0) is 14.4 Å². The molecule has 162 valence electrons. The molecule has 5 nitrogen and oxygen atoms in total. The van der Waals surface area contributed by atoms with Gasteiger partial charge < -0.3 is 4.90 Å². The molecule has 1 aliphatic heterocycles. The second-order valence-electron chi connectivity index (χ2n) is 9.45. The van der Waals surface area contributed by atoms with Gasteiger partial charge in [0.25, 0.3) is 5.91 Å². The monoisotopic (exact) mass is 522 g/mol. The van der Waals surface area contributed by atoms with Gasteiger partial charge in [-0.25, -0.2) is 4.90 Å². The molecule has 1 unspecified atom stereocenters. The first-order chi connectivity index (χ1) is 14.2. The highest BCUT2D eigenvalue weighted by Gasteiger charge is 2.44. The first-order valence-electron chi connectivity index (χ1n) is 10.8. The quantitative estimate of drug-likeness (QED) is 0.298. The Morgan fingerprint density at radius 3 is 2.47 bits per heavy atom. The molecule has 3 amide bonds. The molecule has 1 saturated heterocycles. The maximum Gasteiger partial charge on any atom is 0.257 e. The molecule has 0 radical (unpaired) electrons. The summed E-state index contributed by atoms with van der Waals surface area (Å²) in [6.07, 6.45) is 8.01. The summed E-state index contributed by atoms with van der Waals surface area (Å²) >= 11 is 2.19. The first kappa shape index (κ1) is 23.0. The Morgan fingerprint density at radius 2 is 1.87 bits per heavy atom. The lowest BCUT2D eigenvalue weighted by atomic mass is 9.91. The number of hydrogen-bond donors (Lipinski definition) is 0. The predicted octanol–water partition coefficient (Wildman–Crippen LogP) is 5.08. The normalized spacial score (nSPS) is 19.8. The van der Waals surface area contributed by atoms with Crippen molar-refractivity contribution in [3.63, 3.8) is 0 Å². The van der Waals surface area contributed by atoms with Gasteiger partial charge in [-0.05, 0) is 84.4 Å². The van der Waals surface area contributed by atoms with E-state index in [1.165, 1.54) is 23.3 Å². The number of imide groups is 1. The highest BCUT2D eigenvalue weighted by molar-refractivity contribution is 14.1. The van der Waals surface area contributed by atoms with Gasteiger partial charge in [0.15, 0.2) is 0 Å². The number of hydrogen-bond acceptors (Lipinski definition) is 3. The summed E-state index contributed by atoms with van der Waals surface area (Å²) in [4.78, 5) is 42.1. The van der Waals surface area contributed by atoms with Gasteiger partial charge in [-0.1, -0.05) is 32.4 Å². The van der Waals surface area contributed by atoms with E-state index in [0.717, 1.165) is 22.8 Å². The molecule has 3 rings (SSSR count). The Morgan fingerprint density at radius 1 is 1.17 bits per heavy atom. The van der Waals surface area contributed by atoms with Crippen LogP contribution in [0.15, 0.2) is 35.9 Å². The van der Waals surface area contributed by atoms with E-state index in [1.807, 2.05) is 32.9 Å². The highest BCUT2D eigenvalue weighted by atomic mass is 127. The standard InChI is InChI=1S/C24H31IN2O3/c1-24(2,3)16-22(29)26(14-13-17-7-5-4-6-8-17)20-15-21(28)27(23(20)30)19-11-9-18(25)10-12-19/h7,9-12,20H,4-6,8,13-16H2,1-3H3. The molecule has 0 saturated carbocycles. The molecule has 1 heterocycles. The van der Waals surface area contributed by atoms with Crippen LogP contribution in [0, 0.1) is 8.99 Å². The minimum atomic E-state index is -0.712. The Bertz CT molecular complexity index is 839. The second-order valence-corrected chi connectivity index (χ2v) is 10.7. The lowest BCUT2D eigenvalue weighted by Crippen LogP contribution is -2.47. The molecular weight excluding hydrogens is 491 g/mol. The van der Waals surface area contributed by atoms with Gasteiger partial charge in [0.2, 0.25) is 11.8 Å². The average Bonchev–Trinajstić information content (AvgIpc) is 2.96. The Hall–Kier alpha value is -1.70. The van der Waals surface area contributed by atoms with Crippen molar-refractivity contribution in [2.24, 2.45) is 5.41 Å². The van der Waals surface area contributed by atoms with Crippen LogP contribution in [0.1, 0.15) is 65.7 Å². The SMILES string of the molecule is CC(C)(C)CC(=O)N(CCC1=CCCCC1)C1CC(=O)N(c2ccc(I)cc2)C1=O. The van der Waals surface area contributed by atoms with E-state index < -0.39 is 6.04 Å². The molecular formula is C24H31IN2O3. The van der Waals surface area contributed by atoms with Gasteiger partial charge in [0.1, 0.15) is 6.04 Å². The second kappa shape index (κ2) is 9.62. The van der Waals surface area contributed by atoms with Crippen LogP contribution in [0.3, 0.4) is 0 Å². The van der Waals surface area contributed by atoms with Crippen LogP contribution in [0.4, 0.5) is 5.69 Å². The maximum atomic E-state index is 13.3. The fourth-order valence-electron chi connectivity index (χ4n) is 4.13. The highest BCUT2D eigenvalue weighted by Crippen LogP contribution is 2.30. The summed E-state index contributed by atoms with van der Waals surface area (Å²) in [6, 6.07) is 6.61. The van der Waals surface area contributed by atoms with E-state index in [1.54, 1.807) is 17.0 Å². The molecule has 0 N–H and O–H groups in total. The summed E-state index contributed by atoms with van der Waals surface area (Å²) < 4.78 is 1.04.